The monoisotopic (exact) mass is 440 g/mol. The Morgan fingerprint density at radius 1 is 1.03 bits per heavy atom. The molecule has 1 aliphatic rings. The lowest BCUT2D eigenvalue weighted by Gasteiger charge is -2.18. The number of alkyl carbamates (subject to hydrolysis) is 1. The van der Waals surface area contributed by atoms with E-state index in [0.29, 0.717) is 6.42 Å². The van der Waals surface area contributed by atoms with Crippen LogP contribution >= 0.6 is 0 Å². The van der Waals surface area contributed by atoms with Crippen LogP contribution in [0.3, 0.4) is 0 Å². The van der Waals surface area contributed by atoms with Crippen molar-refractivity contribution >= 4 is 18.0 Å². The molecule has 0 fully saturated rings. The van der Waals surface area contributed by atoms with Crippen LogP contribution in [-0.4, -0.2) is 55.5 Å². The lowest BCUT2D eigenvalue weighted by atomic mass is 9.98. The Balaban J connectivity index is 1.47. The van der Waals surface area contributed by atoms with Crippen molar-refractivity contribution in [3.8, 4) is 11.1 Å². The number of fused-ring (bicyclic) bond motifs is 3. The van der Waals surface area contributed by atoms with Crippen LogP contribution in [0, 0.1) is 0 Å². The highest BCUT2D eigenvalue weighted by Gasteiger charge is 2.29. The molecule has 0 aliphatic heterocycles. The van der Waals surface area contributed by atoms with Gasteiger partial charge in [0.05, 0.1) is 6.61 Å². The summed E-state index contributed by atoms with van der Waals surface area (Å²) in [4.78, 5) is 34.8. The van der Waals surface area contributed by atoms with Gasteiger partial charge in [0.15, 0.2) is 0 Å². The molecule has 0 saturated carbocycles. The van der Waals surface area contributed by atoms with Crippen LogP contribution in [0.25, 0.3) is 11.1 Å². The first-order valence-corrected chi connectivity index (χ1v) is 10.7. The molecule has 0 aromatic heterocycles. The van der Waals surface area contributed by atoms with Gasteiger partial charge >= 0.3 is 12.1 Å². The molecule has 1 aliphatic carbocycles. The van der Waals surface area contributed by atoms with Gasteiger partial charge in [0.2, 0.25) is 5.91 Å². The van der Waals surface area contributed by atoms with Crippen LogP contribution in [-0.2, 0) is 19.1 Å². The maximum Gasteiger partial charge on any atom is 0.407 e. The summed E-state index contributed by atoms with van der Waals surface area (Å²) in [6, 6.07) is 15.9. The van der Waals surface area contributed by atoms with Crippen LogP contribution in [0.15, 0.2) is 48.5 Å². The Morgan fingerprint density at radius 2 is 1.66 bits per heavy atom. The first-order chi connectivity index (χ1) is 15.5. The van der Waals surface area contributed by atoms with Gasteiger partial charge in [-0.05, 0) is 28.7 Å². The van der Waals surface area contributed by atoms with Gasteiger partial charge in [0.25, 0.3) is 0 Å². The van der Waals surface area contributed by atoms with Gasteiger partial charge in [-0.3, -0.25) is 4.79 Å². The third-order valence-electron chi connectivity index (χ3n) is 5.38. The molecule has 0 spiro atoms. The summed E-state index contributed by atoms with van der Waals surface area (Å²) in [7, 11) is 0. The van der Waals surface area contributed by atoms with E-state index in [1.165, 1.54) is 0 Å². The second kappa shape index (κ2) is 11.3. The fraction of sp³-hybridized carbons (Fsp3) is 0.375. The molecule has 8 heteroatoms. The van der Waals surface area contributed by atoms with E-state index < -0.39 is 18.7 Å². The summed E-state index contributed by atoms with van der Waals surface area (Å²) in [5.41, 5.74) is 4.59. The number of amides is 2. The van der Waals surface area contributed by atoms with Crippen molar-refractivity contribution < 1.29 is 29.0 Å². The molecule has 2 aromatic carbocycles. The molecule has 0 heterocycles. The fourth-order valence-corrected chi connectivity index (χ4v) is 3.82. The Morgan fingerprint density at radius 3 is 2.25 bits per heavy atom. The average molecular weight is 440 g/mol. The van der Waals surface area contributed by atoms with Crippen LogP contribution in [0.2, 0.25) is 0 Å². The number of aliphatic carboxylic acids is 1. The van der Waals surface area contributed by atoms with Gasteiger partial charge in [-0.25, -0.2) is 9.59 Å². The molecule has 2 aromatic rings. The zero-order valence-electron chi connectivity index (χ0n) is 18.0. The van der Waals surface area contributed by atoms with E-state index in [1.54, 1.807) is 0 Å². The number of ether oxygens (including phenoxy) is 2. The van der Waals surface area contributed by atoms with E-state index in [1.807, 2.05) is 31.2 Å². The number of carboxylic acid groups (broad SMARTS) is 1. The summed E-state index contributed by atoms with van der Waals surface area (Å²) >= 11 is 0. The molecule has 1 unspecified atom stereocenters. The normalized spacial score (nSPS) is 13.0. The van der Waals surface area contributed by atoms with Gasteiger partial charge in [-0.15, -0.1) is 0 Å². The number of nitrogens with one attached hydrogen (secondary N) is 2. The highest BCUT2D eigenvalue weighted by molar-refractivity contribution is 5.79. The molecule has 170 valence electrons. The third-order valence-corrected chi connectivity index (χ3v) is 5.38. The Bertz CT molecular complexity index is 916. The molecule has 1 atom stereocenters. The smallest absolute Gasteiger partial charge is 0.407 e. The lowest BCUT2D eigenvalue weighted by molar-refractivity contribution is -0.142. The molecular weight excluding hydrogens is 412 g/mol. The Labute approximate surface area is 186 Å². The van der Waals surface area contributed by atoms with E-state index in [2.05, 4.69) is 34.9 Å². The largest absolute Gasteiger partial charge is 0.480 e. The van der Waals surface area contributed by atoms with Crippen molar-refractivity contribution in [2.45, 2.75) is 31.7 Å². The summed E-state index contributed by atoms with van der Waals surface area (Å²) in [6.07, 6.45) is 0.101. The minimum Gasteiger partial charge on any atom is -0.480 e. The molecule has 2 amide bonds. The maximum atomic E-state index is 12.4. The highest BCUT2D eigenvalue weighted by atomic mass is 16.5. The zero-order valence-corrected chi connectivity index (χ0v) is 18.0. The van der Waals surface area contributed by atoms with Gasteiger partial charge in [0.1, 0.15) is 13.2 Å². The molecule has 3 rings (SSSR count). The first-order valence-electron chi connectivity index (χ1n) is 10.7. The minimum atomic E-state index is -1.06. The molecule has 8 nitrogen and oxygen atoms in total. The molecule has 32 heavy (non-hydrogen) atoms. The molecule has 0 saturated heterocycles. The predicted octanol–water partition coefficient (Wildman–Crippen LogP) is 2.91. The second-order valence-electron chi connectivity index (χ2n) is 7.58. The van der Waals surface area contributed by atoms with Gasteiger partial charge < -0.3 is 25.2 Å². The molecular formula is C24H28N2O6. The van der Waals surface area contributed by atoms with Crippen LogP contribution in [0.5, 0.6) is 0 Å². The van der Waals surface area contributed by atoms with Crippen LogP contribution in [0.1, 0.15) is 36.8 Å². The van der Waals surface area contributed by atoms with E-state index in [-0.39, 0.29) is 44.0 Å². The van der Waals surface area contributed by atoms with Crippen molar-refractivity contribution in [3.63, 3.8) is 0 Å². The van der Waals surface area contributed by atoms with Gasteiger partial charge in [-0.1, -0.05) is 55.5 Å². The second-order valence-corrected chi connectivity index (χ2v) is 7.58. The first kappa shape index (κ1) is 23.3. The summed E-state index contributed by atoms with van der Waals surface area (Å²) in [6.45, 7) is 1.99. The van der Waals surface area contributed by atoms with E-state index in [4.69, 9.17) is 14.6 Å². The maximum absolute atomic E-state index is 12.4. The number of rotatable bonds is 11. The highest BCUT2D eigenvalue weighted by Crippen LogP contribution is 2.44. The lowest BCUT2D eigenvalue weighted by Crippen LogP contribution is -2.40. The fourth-order valence-electron chi connectivity index (χ4n) is 3.82. The standard InChI is InChI=1S/C24H28N2O6/c1-2-16(13-22(27)25-11-12-31-15-23(28)29)26-24(30)32-14-21-19-9-5-3-7-17(19)18-8-4-6-10-20(18)21/h3-10,16,21H,2,11-15H2,1H3,(H,25,27)(H,26,30)(H,28,29). The zero-order chi connectivity index (χ0) is 22.9. The summed E-state index contributed by atoms with van der Waals surface area (Å²) in [5.74, 6) is -1.34. The summed E-state index contributed by atoms with van der Waals surface area (Å²) in [5, 5.41) is 13.9. The number of carbonyl (C=O) groups excluding carboxylic acids is 2. The number of hydrogen-bond donors (Lipinski definition) is 3. The minimum absolute atomic E-state index is 0.0256. The van der Waals surface area contributed by atoms with Crippen LogP contribution in [0.4, 0.5) is 4.79 Å². The third kappa shape index (κ3) is 6.07. The van der Waals surface area contributed by atoms with Crippen molar-refractivity contribution in [1.82, 2.24) is 10.6 Å². The van der Waals surface area contributed by atoms with E-state index in [9.17, 15) is 14.4 Å². The molecule has 3 N–H and O–H groups in total. The topological polar surface area (TPSA) is 114 Å². The molecule has 0 bridgehead atoms. The quantitative estimate of drug-likeness (QED) is 0.463. The van der Waals surface area contributed by atoms with Crippen molar-refractivity contribution in [1.29, 1.82) is 0 Å². The number of carboxylic acids is 1. The average Bonchev–Trinajstić information content (AvgIpc) is 3.10. The van der Waals surface area contributed by atoms with Crippen LogP contribution < -0.4 is 10.6 Å². The van der Waals surface area contributed by atoms with Crippen molar-refractivity contribution in [2.75, 3.05) is 26.4 Å². The number of carbonyl (C=O) groups is 3. The SMILES string of the molecule is CCC(CC(=O)NCCOCC(=O)O)NC(=O)OCC1c2ccccc2-c2ccccc21. The number of benzene rings is 2. The number of hydrogen-bond acceptors (Lipinski definition) is 5. The van der Waals surface area contributed by atoms with E-state index in [0.717, 1.165) is 22.3 Å². The van der Waals surface area contributed by atoms with Gasteiger partial charge in [-0.2, -0.15) is 0 Å². The van der Waals surface area contributed by atoms with E-state index >= 15 is 0 Å². The Hall–Kier alpha value is -3.39. The summed E-state index contributed by atoms with van der Waals surface area (Å²) < 4.78 is 10.4. The van der Waals surface area contributed by atoms with Crippen molar-refractivity contribution in [3.05, 3.63) is 59.7 Å². The Kier molecular flexibility index (Phi) is 8.21. The van der Waals surface area contributed by atoms with Gasteiger partial charge in [0, 0.05) is 24.9 Å². The predicted molar refractivity (Wildman–Crippen MR) is 118 cm³/mol. The van der Waals surface area contributed by atoms with Crippen molar-refractivity contribution in [2.24, 2.45) is 0 Å². The molecule has 0 radical (unpaired) electrons.